The van der Waals surface area contributed by atoms with Gasteiger partial charge < -0.3 is 9.64 Å². The van der Waals surface area contributed by atoms with Gasteiger partial charge in [-0.25, -0.2) is 4.39 Å². The van der Waals surface area contributed by atoms with Gasteiger partial charge >= 0.3 is 0 Å². The van der Waals surface area contributed by atoms with E-state index in [1.165, 1.54) is 11.6 Å². The second kappa shape index (κ2) is 6.60. The van der Waals surface area contributed by atoms with Crippen LogP contribution in [0.5, 0.6) is 5.75 Å². The zero-order chi connectivity index (χ0) is 15.4. The van der Waals surface area contributed by atoms with Crippen LogP contribution in [0.2, 0.25) is 0 Å². The first-order valence-corrected chi connectivity index (χ1v) is 7.45. The van der Waals surface area contributed by atoms with Crippen molar-refractivity contribution >= 4 is 11.5 Å². The molecule has 0 radical (unpaired) electrons. The van der Waals surface area contributed by atoms with Gasteiger partial charge in [-0.1, -0.05) is 18.2 Å². The topological polar surface area (TPSA) is 24.8 Å². The maximum atomic E-state index is 13.4. The Morgan fingerprint density at radius 2 is 1.95 bits per heavy atom. The highest BCUT2D eigenvalue weighted by atomic mass is 19.1. The minimum atomic E-state index is -0.209. The lowest BCUT2D eigenvalue weighted by Gasteiger charge is -2.20. The monoisotopic (exact) mass is 298 g/mol. The number of methoxy groups -OCH3 is 1. The van der Waals surface area contributed by atoms with Crippen molar-refractivity contribution in [3.05, 3.63) is 59.9 Å². The summed E-state index contributed by atoms with van der Waals surface area (Å²) >= 11 is 0. The number of ether oxygens (including phenoxy) is 1. The van der Waals surface area contributed by atoms with Crippen molar-refractivity contribution < 1.29 is 9.13 Å². The van der Waals surface area contributed by atoms with Gasteiger partial charge in [0.1, 0.15) is 17.4 Å². The molecule has 114 valence electrons. The molecule has 1 heterocycles. The van der Waals surface area contributed by atoms with Crippen LogP contribution in [0.1, 0.15) is 12.0 Å². The summed E-state index contributed by atoms with van der Waals surface area (Å²) < 4.78 is 18.6. The van der Waals surface area contributed by atoms with E-state index in [4.69, 9.17) is 4.74 Å². The molecule has 1 aliphatic heterocycles. The summed E-state index contributed by atoms with van der Waals surface area (Å²) in [7, 11) is 1.67. The second-order valence-electron chi connectivity index (χ2n) is 5.28. The summed E-state index contributed by atoms with van der Waals surface area (Å²) in [6.45, 7) is 1.59. The average Bonchev–Trinajstić information content (AvgIpc) is 3.02. The van der Waals surface area contributed by atoms with E-state index in [9.17, 15) is 4.39 Å². The van der Waals surface area contributed by atoms with Gasteiger partial charge in [-0.2, -0.15) is 0 Å². The highest BCUT2D eigenvalue weighted by Crippen LogP contribution is 2.21. The van der Waals surface area contributed by atoms with Gasteiger partial charge in [0.2, 0.25) is 0 Å². The molecule has 0 unspecified atom stereocenters. The molecule has 0 N–H and O–H groups in total. The first kappa shape index (κ1) is 14.6. The number of amidine groups is 1. The van der Waals surface area contributed by atoms with E-state index in [-0.39, 0.29) is 5.82 Å². The normalized spacial score (nSPS) is 14.1. The Morgan fingerprint density at radius 1 is 1.14 bits per heavy atom. The van der Waals surface area contributed by atoms with Crippen LogP contribution in [0, 0.1) is 5.82 Å². The molecule has 0 spiro atoms. The van der Waals surface area contributed by atoms with E-state index in [1.807, 2.05) is 18.2 Å². The van der Waals surface area contributed by atoms with Gasteiger partial charge in [0, 0.05) is 18.7 Å². The summed E-state index contributed by atoms with van der Waals surface area (Å²) in [5, 5.41) is 0. The van der Waals surface area contributed by atoms with Crippen LogP contribution >= 0.6 is 0 Å². The van der Waals surface area contributed by atoms with Gasteiger partial charge in [-0.05, 0) is 42.3 Å². The molecule has 0 saturated carbocycles. The third-order valence-corrected chi connectivity index (χ3v) is 3.85. The number of halogens is 1. The molecule has 2 aromatic rings. The molecule has 0 amide bonds. The van der Waals surface area contributed by atoms with Crippen LogP contribution in [0.3, 0.4) is 0 Å². The minimum Gasteiger partial charge on any atom is -0.497 e. The molecule has 0 aromatic heterocycles. The van der Waals surface area contributed by atoms with Crippen molar-refractivity contribution in [2.24, 2.45) is 4.99 Å². The Balaban J connectivity index is 1.66. The summed E-state index contributed by atoms with van der Waals surface area (Å²) in [5.41, 5.74) is 2.13. The number of aryl methyl sites for hydroxylation is 1. The minimum absolute atomic E-state index is 0.209. The van der Waals surface area contributed by atoms with E-state index in [0.29, 0.717) is 0 Å². The Hall–Kier alpha value is -2.36. The van der Waals surface area contributed by atoms with Gasteiger partial charge in [0.05, 0.1) is 13.7 Å². The zero-order valence-corrected chi connectivity index (χ0v) is 12.6. The molecule has 1 aliphatic rings. The van der Waals surface area contributed by atoms with Crippen molar-refractivity contribution in [2.45, 2.75) is 12.8 Å². The molecule has 0 atom stereocenters. The fourth-order valence-corrected chi connectivity index (χ4v) is 2.68. The van der Waals surface area contributed by atoms with E-state index in [0.717, 1.165) is 43.2 Å². The van der Waals surface area contributed by atoms with E-state index < -0.39 is 0 Å². The van der Waals surface area contributed by atoms with Gasteiger partial charge in [-0.15, -0.1) is 0 Å². The zero-order valence-electron chi connectivity index (χ0n) is 12.6. The fourth-order valence-electron chi connectivity index (χ4n) is 2.68. The number of aliphatic imine (C=N–C) groups is 1. The molecular formula is C18H19FN2O. The lowest BCUT2D eigenvalue weighted by atomic mass is 10.1. The van der Waals surface area contributed by atoms with Crippen molar-refractivity contribution in [1.29, 1.82) is 0 Å². The van der Waals surface area contributed by atoms with Crippen molar-refractivity contribution in [1.82, 2.24) is 0 Å². The molecular weight excluding hydrogens is 279 g/mol. The molecule has 0 fully saturated rings. The van der Waals surface area contributed by atoms with Crippen LogP contribution in [0.15, 0.2) is 53.5 Å². The van der Waals surface area contributed by atoms with E-state index in [2.05, 4.69) is 22.0 Å². The summed E-state index contributed by atoms with van der Waals surface area (Å²) in [6, 6.07) is 14.8. The lowest BCUT2D eigenvalue weighted by molar-refractivity contribution is 0.414. The molecule has 2 aromatic carbocycles. The standard InChI is InChI=1S/C18H19FN2O/c1-22-17-8-5-14(6-9-17)7-10-18-20-11-12-21(18)16-4-2-3-15(19)13-16/h2-6,8-9,13H,7,10-12H2,1H3. The van der Waals surface area contributed by atoms with Crippen molar-refractivity contribution in [3.8, 4) is 5.75 Å². The highest BCUT2D eigenvalue weighted by molar-refractivity contribution is 5.99. The molecule has 3 nitrogen and oxygen atoms in total. The Bertz CT molecular complexity index is 667. The largest absolute Gasteiger partial charge is 0.497 e. The van der Waals surface area contributed by atoms with Crippen molar-refractivity contribution in [2.75, 3.05) is 25.1 Å². The number of anilines is 1. The molecule has 0 bridgehead atoms. The molecule has 22 heavy (non-hydrogen) atoms. The maximum Gasteiger partial charge on any atom is 0.125 e. The fraction of sp³-hybridized carbons (Fsp3) is 0.278. The average molecular weight is 298 g/mol. The summed E-state index contributed by atoms with van der Waals surface area (Å²) in [5.74, 6) is 1.68. The summed E-state index contributed by atoms with van der Waals surface area (Å²) in [4.78, 5) is 6.67. The first-order valence-electron chi connectivity index (χ1n) is 7.45. The van der Waals surface area contributed by atoms with Crippen LogP contribution < -0.4 is 9.64 Å². The van der Waals surface area contributed by atoms with E-state index >= 15 is 0 Å². The van der Waals surface area contributed by atoms with Gasteiger partial charge in [0.15, 0.2) is 0 Å². The molecule has 4 heteroatoms. The number of hydrogen-bond acceptors (Lipinski definition) is 3. The van der Waals surface area contributed by atoms with Crippen LogP contribution in [0.4, 0.5) is 10.1 Å². The Labute approximate surface area is 130 Å². The Morgan fingerprint density at radius 3 is 2.68 bits per heavy atom. The second-order valence-corrected chi connectivity index (χ2v) is 5.28. The molecule has 0 aliphatic carbocycles. The van der Waals surface area contributed by atoms with Gasteiger partial charge in [-0.3, -0.25) is 4.99 Å². The SMILES string of the molecule is COc1ccc(CCC2=NCCN2c2cccc(F)c2)cc1. The maximum absolute atomic E-state index is 13.4. The summed E-state index contributed by atoms with van der Waals surface area (Å²) in [6.07, 6.45) is 1.76. The third-order valence-electron chi connectivity index (χ3n) is 3.85. The Kier molecular flexibility index (Phi) is 4.37. The lowest BCUT2D eigenvalue weighted by Crippen LogP contribution is -2.27. The van der Waals surface area contributed by atoms with Crippen LogP contribution in [-0.2, 0) is 6.42 Å². The van der Waals surface area contributed by atoms with Crippen LogP contribution in [0.25, 0.3) is 0 Å². The van der Waals surface area contributed by atoms with E-state index in [1.54, 1.807) is 19.2 Å². The highest BCUT2D eigenvalue weighted by Gasteiger charge is 2.18. The molecule has 0 saturated heterocycles. The third kappa shape index (κ3) is 3.27. The van der Waals surface area contributed by atoms with Gasteiger partial charge in [0.25, 0.3) is 0 Å². The first-order chi connectivity index (χ1) is 10.8. The van der Waals surface area contributed by atoms with Crippen LogP contribution in [-0.4, -0.2) is 26.0 Å². The smallest absolute Gasteiger partial charge is 0.125 e. The number of benzene rings is 2. The van der Waals surface area contributed by atoms with Crippen molar-refractivity contribution in [3.63, 3.8) is 0 Å². The quantitative estimate of drug-likeness (QED) is 0.841. The molecule has 3 rings (SSSR count). The predicted octanol–water partition coefficient (Wildman–Crippen LogP) is 3.69. The number of hydrogen-bond donors (Lipinski definition) is 0. The predicted molar refractivity (Wildman–Crippen MR) is 87.4 cm³/mol. The number of nitrogens with zero attached hydrogens (tertiary/aromatic N) is 2. The number of rotatable bonds is 5.